The summed E-state index contributed by atoms with van der Waals surface area (Å²) >= 11 is 0. The predicted octanol–water partition coefficient (Wildman–Crippen LogP) is -0.0321. The standard InChI is InChI=1S/C10H12N2O4/c1-10(2,9(15)16)12-8(14)6-4-3-5-11-7(6)13/h3-5H,1-2H3,(H,11,13)(H,12,14)(H,15,16). The van der Waals surface area contributed by atoms with Crippen LogP contribution >= 0.6 is 0 Å². The highest BCUT2D eigenvalue weighted by Gasteiger charge is 2.29. The van der Waals surface area contributed by atoms with Crippen LogP contribution < -0.4 is 10.9 Å². The van der Waals surface area contributed by atoms with Crippen LogP contribution in [0.5, 0.6) is 0 Å². The van der Waals surface area contributed by atoms with E-state index >= 15 is 0 Å². The number of aromatic nitrogens is 1. The number of amides is 1. The van der Waals surface area contributed by atoms with Gasteiger partial charge in [0.15, 0.2) is 0 Å². The van der Waals surface area contributed by atoms with E-state index in [2.05, 4.69) is 10.3 Å². The molecule has 1 aromatic rings. The van der Waals surface area contributed by atoms with Crippen molar-refractivity contribution in [3.05, 3.63) is 34.2 Å². The summed E-state index contributed by atoms with van der Waals surface area (Å²) in [5.74, 6) is -1.89. The highest BCUT2D eigenvalue weighted by Crippen LogP contribution is 2.03. The van der Waals surface area contributed by atoms with Gasteiger partial charge in [0.2, 0.25) is 0 Å². The summed E-state index contributed by atoms with van der Waals surface area (Å²) in [4.78, 5) is 35.9. The number of carbonyl (C=O) groups is 2. The summed E-state index contributed by atoms with van der Waals surface area (Å²) in [6.07, 6.45) is 1.39. The average molecular weight is 224 g/mol. The van der Waals surface area contributed by atoms with Gasteiger partial charge in [0.25, 0.3) is 11.5 Å². The Morgan fingerprint density at radius 2 is 2.06 bits per heavy atom. The third-order valence-electron chi connectivity index (χ3n) is 2.02. The number of carboxylic acids is 1. The summed E-state index contributed by atoms with van der Waals surface area (Å²) in [7, 11) is 0. The topological polar surface area (TPSA) is 99.3 Å². The van der Waals surface area contributed by atoms with Gasteiger partial charge in [-0.25, -0.2) is 4.79 Å². The van der Waals surface area contributed by atoms with Crippen LogP contribution in [-0.2, 0) is 4.79 Å². The van der Waals surface area contributed by atoms with Crippen molar-refractivity contribution in [2.45, 2.75) is 19.4 Å². The largest absolute Gasteiger partial charge is 0.480 e. The van der Waals surface area contributed by atoms with Gasteiger partial charge in [-0.15, -0.1) is 0 Å². The normalized spacial score (nSPS) is 10.9. The molecule has 0 fully saturated rings. The number of hydrogen-bond acceptors (Lipinski definition) is 3. The molecule has 0 saturated carbocycles. The summed E-state index contributed by atoms with van der Waals surface area (Å²) in [6.45, 7) is 2.68. The van der Waals surface area contributed by atoms with E-state index in [9.17, 15) is 14.4 Å². The molecule has 0 bridgehead atoms. The molecule has 16 heavy (non-hydrogen) atoms. The highest BCUT2D eigenvalue weighted by molar-refractivity contribution is 5.97. The lowest BCUT2D eigenvalue weighted by atomic mass is 10.1. The van der Waals surface area contributed by atoms with Crippen LogP contribution in [0.25, 0.3) is 0 Å². The van der Waals surface area contributed by atoms with E-state index in [-0.39, 0.29) is 5.56 Å². The van der Waals surface area contributed by atoms with Gasteiger partial charge in [0.1, 0.15) is 11.1 Å². The van der Waals surface area contributed by atoms with Crippen molar-refractivity contribution < 1.29 is 14.7 Å². The van der Waals surface area contributed by atoms with Gasteiger partial charge >= 0.3 is 5.97 Å². The molecule has 6 nitrogen and oxygen atoms in total. The maximum absolute atomic E-state index is 11.6. The molecule has 1 heterocycles. The quantitative estimate of drug-likeness (QED) is 0.671. The van der Waals surface area contributed by atoms with Crippen molar-refractivity contribution in [1.29, 1.82) is 0 Å². The Morgan fingerprint density at radius 1 is 1.44 bits per heavy atom. The summed E-state index contributed by atoms with van der Waals surface area (Å²) in [6, 6.07) is 2.82. The second-order valence-electron chi connectivity index (χ2n) is 3.80. The Kier molecular flexibility index (Phi) is 3.12. The van der Waals surface area contributed by atoms with Gasteiger partial charge < -0.3 is 15.4 Å². The van der Waals surface area contributed by atoms with Crippen LogP contribution in [0.15, 0.2) is 23.1 Å². The lowest BCUT2D eigenvalue weighted by molar-refractivity contribution is -0.143. The second kappa shape index (κ2) is 4.18. The molecule has 0 atom stereocenters. The minimum Gasteiger partial charge on any atom is -0.480 e. The van der Waals surface area contributed by atoms with Crippen LogP contribution in [0.2, 0.25) is 0 Å². The maximum atomic E-state index is 11.6. The molecular formula is C10H12N2O4. The number of aromatic amines is 1. The summed E-state index contributed by atoms with van der Waals surface area (Å²) < 4.78 is 0. The molecule has 1 amide bonds. The molecule has 0 saturated heterocycles. The molecule has 0 spiro atoms. The number of nitrogens with one attached hydrogen (secondary N) is 2. The SMILES string of the molecule is CC(C)(NC(=O)c1ccc[nH]c1=O)C(=O)O. The van der Waals surface area contributed by atoms with Crippen molar-refractivity contribution in [2.75, 3.05) is 0 Å². The molecule has 0 aliphatic heterocycles. The number of hydrogen-bond donors (Lipinski definition) is 3. The fourth-order valence-corrected chi connectivity index (χ4v) is 1.01. The van der Waals surface area contributed by atoms with Crippen LogP contribution in [0.3, 0.4) is 0 Å². The van der Waals surface area contributed by atoms with Gasteiger partial charge in [0.05, 0.1) is 0 Å². The fourth-order valence-electron chi connectivity index (χ4n) is 1.01. The van der Waals surface area contributed by atoms with Crippen molar-refractivity contribution in [3.63, 3.8) is 0 Å². The van der Waals surface area contributed by atoms with E-state index in [0.717, 1.165) is 0 Å². The molecule has 0 aromatic carbocycles. The zero-order valence-electron chi connectivity index (χ0n) is 8.90. The zero-order chi connectivity index (χ0) is 12.3. The van der Waals surface area contributed by atoms with E-state index in [4.69, 9.17) is 5.11 Å². The van der Waals surface area contributed by atoms with Crippen molar-refractivity contribution in [3.8, 4) is 0 Å². The molecule has 0 unspecified atom stereocenters. The van der Waals surface area contributed by atoms with Crippen LogP contribution in [0.4, 0.5) is 0 Å². The highest BCUT2D eigenvalue weighted by atomic mass is 16.4. The number of H-pyrrole nitrogens is 1. The number of carbonyl (C=O) groups excluding carboxylic acids is 1. The molecule has 6 heteroatoms. The van der Waals surface area contributed by atoms with E-state index in [1.165, 1.54) is 32.2 Å². The lowest BCUT2D eigenvalue weighted by Crippen LogP contribution is -2.50. The van der Waals surface area contributed by atoms with Gasteiger partial charge in [-0.3, -0.25) is 9.59 Å². The Morgan fingerprint density at radius 3 is 2.56 bits per heavy atom. The smallest absolute Gasteiger partial charge is 0.328 e. The molecule has 0 aliphatic carbocycles. The minimum atomic E-state index is -1.42. The summed E-state index contributed by atoms with van der Waals surface area (Å²) in [5, 5.41) is 11.1. The fraction of sp³-hybridized carbons (Fsp3) is 0.300. The van der Waals surface area contributed by atoms with E-state index < -0.39 is 23.0 Å². The first-order chi connectivity index (χ1) is 7.34. The number of aliphatic carboxylic acids is 1. The summed E-state index contributed by atoms with van der Waals surface area (Å²) in [5.41, 5.74) is -2.09. The van der Waals surface area contributed by atoms with Crippen LogP contribution in [0.1, 0.15) is 24.2 Å². The van der Waals surface area contributed by atoms with Crippen molar-refractivity contribution >= 4 is 11.9 Å². The molecular weight excluding hydrogens is 212 g/mol. The number of rotatable bonds is 3. The van der Waals surface area contributed by atoms with Gasteiger partial charge in [-0.1, -0.05) is 0 Å². The first kappa shape index (κ1) is 12.0. The first-order valence-electron chi connectivity index (χ1n) is 4.58. The van der Waals surface area contributed by atoms with E-state index in [0.29, 0.717) is 0 Å². The minimum absolute atomic E-state index is 0.114. The maximum Gasteiger partial charge on any atom is 0.328 e. The zero-order valence-corrected chi connectivity index (χ0v) is 8.90. The van der Waals surface area contributed by atoms with Gasteiger partial charge in [-0.05, 0) is 26.0 Å². The number of carboxylic acid groups (broad SMARTS) is 1. The average Bonchev–Trinajstić information content (AvgIpc) is 2.17. The number of pyridine rings is 1. The van der Waals surface area contributed by atoms with Crippen LogP contribution in [-0.4, -0.2) is 27.5 Å². The lowest BCUT2D eigenvalue weighted by Gasteiger charge is -2.20. The first-order valence-corrected chi connectivity index (χ1v) is 4.58. The van der Waals surface area contributed by atoms with E-state index in [1.807, 2.05) is 0 Å². The van der Waals surface area contributed by atoms with Crippen LogP contribution in [0, 0.1) is 0 Å². The molecule has 0 radical (unpaired) electrons. The third-order valence-corrected chi connectivity index (χ3v) is 2.02. The second-order valence-corrected chi connectivity index (χ2v) is 3.80. The van der Waals surface area contributed by atoms with Gasteiger partial charge in [-0.2, -0.15) is 0 Å². The molecule has 0 aliphatic rings. The molecule has 86 valence electrons. The third kappa shape index (κ3) is 2.47. The molecule has 1 rings (SSSR count). The Hall–Kier alpha value is -2.11. The monoisotopic (exact) mass is 224 g/mol. The Balaban J connectivity index is 2.94. The molecule has 1 aromatic heterocycles. The Bertz CT molecular complexity index is 476. The Labute approximate surface area is 91.3 Å². The molecule has 3 N–H and O–H groups in total. The van der Waals surface area contributed by atoms with Crippen molar-refractivity contribution in [2.24, 2.45) is 0 Å². The van der Waals surface area contributed by atoms with E-state index in [1.54, 1.807) is 0 Å². The van der Waals surface area contributed by atoms with Gasteiger partial charge in [0, 0.05) is 6.20 Å². The van der Waals surface area contributed by atoms with Crippen molar-refractivity contribution in [1.82, 2.24) is 10.3 Å². The predicted molar refractivity (Wildman–Crippen MR) is 56.2 cm³/mol.